The van der Waals surface area contributed by atoms with Crippen LogP contribution in [0.5, 0.6) is 5.75 Å². The van der Waals surface area contributed by atoms with E-state index < -0.39 is 0 Å². The Labute approximate surface area is 109 Å². The Morgan fingerprint density at radius 2 is 2.17 bits per heavy atom. The van der Waals surface area contributed by atoms with Crippen LogP contribution in [0, 0.1) is 5.92 Å². The van der Waals surface area contributed by atoms with Gasteiger partial charge < -0.3 is 15.4 Å². The quantitative estimate of drug-likeness (QED) is 0.887. The minimum atomic E-state index is 0.518. The summed E-state index contributed by atoms with van der Waals surface area (Å²) in [5, 5.41) is 0. The first kappa shape index (κ1) is 13.1. The highest BCUT2D eigenvalue weighted by atomic mass is 16.5. The maximum Gasteiger partial charge on any atom is 0.137 e. The highest BCUT2D eigenvalue weighted by Gasteiger charge is 2.27. The van der Waals surface area contributed by atoms with Crippen molar-refractivity contribution in [2.45, 2.75) is 31.7 Å². The van der Waals surface area contributed by atoms with Crippen LogP contribution in [0.3, 0.4) is 0 Å². The summed E-state index contributed by atoms with van der Waals surface area (Å²) in [4.78, 5) is 6.73. The number of hydrogen-bond donors (Lipinski definition) is 1. The zero-order valence-corrected chi connectivity index (χ0v) is 11.3. The Hall–Kier alpha value is -1.29. The van der Waals surface area contributed by atoms with E-state index in [1.165, 1.54) is 25.7 Å². The van der Waals surface area contributed by atoms with Crippen LogP contribution in [-0.4, -0.2) is 31.7 Å². The van der Waals surface area contributed by atoms with Crippen molar-refractivity contribution in [3.63, 3.8) is 0 Å². The lowest BCUT2D eigenvalue weighted by Gasteiger charge is -2.38. The molecule has 2 unspecified atom stereocenters. The number of anilines is 1. The van der Waals surface area contributed by atoms with Gasteiger partial charge in [0.25, 0.3) is 0 Å². The molecular formula is C14H23N3O. The summed E-state index contributed by atoms with van der Waals surface area (Å²) in [5.41, 5.74) is 5.89. The van der Waals surface area contributed by atoms with Gasteiger partial charge >= 0.3 is 0 Å². The highest BCUT2D eigenvalue weighted by molar-refractivity contribution is 5.41. The fourth-order valence-electron chi connectivity index (χ4n) is 2.84. The first-order valence-corrected chi connectivity index (χ1v) is 6.69. The first-order valence-electron chi connectivity index (χ1n) is 6.69. The number of aromatic nitrogens is 1. The molecule has 0 saturated heterocycles. The molecule has 0 bridgehead atoms. The maximum absolute atomic E-state index is 5.89. The molecule has 1 fully saturated rings. The number of pyridine rings is 1. The third-order valence-corrected chi connectivity index (χ3v) is 3.99. The van der Waals surface area contributed by atoms with E-state index in [4.69, 9.17) is 10.5 Å². The molecule has 1 heterocycles. The maximum atomic E-state index is 5.89. The lowest BCUT2D eigenvalue weighted by molar-refractivity contribution is 0.305. The predicted octanol–water partition coefficient (Wildman–Crippen LogP) is 2.04. The summed E-state index contributed by atoms with van der Waals surface area (Å²) in [5.74, 6) is 2.39. The Kier molecular flexibility index (Phi) is 4.42. The van der Waals surface area contributed by atoms with Crippen LogP contribution in [-0.2, 0) is 0 Å². The summed E-state index contributed by atoms with van der Waals surface area (Å²) in [6.45, 7) is 0.769. The van der Waals surface area contributed by atoms with Gasteiger partial charge in [-0.1, -0.05) is 12.8 Å². The normalized spacial score (nSPS) is 23.7. The summed E-state index contributed by atoms with van der Waals surface area (Å²) in [7, 11) is 3.78. The van der Waals surface area contributed by atoms with Gasteiger partial charge in [-0.3, -0.25) is 0 Å². The van der Waals surface area contributed by atoms with Gasteiger partial charge in [0, 0.05) is 13.1 Å². The zero-order valence-electron chi connectivity index (χ0n) is 11.3. The van der Waals surface area contributed by atoms with Gasteiger partial charge in [0.05, 0.1) is 13.3 Å². The molecular weight excluding hydrogens is 226 g/mol. The van der Waals surface area contributed by atoms with Gasteiger partial charge in [-0.25, -0.2) is 4.98 Å². The average molecular weight is 249 g/mol. The summed E-state index contributed by atoms with van der Waals surface area (Å²) in [6, 6.07) is 4.49. The van der Waals surface area contributed by atoms with Gasteiger partial charge in [-0.05, 0) is 37.4 Å². The van der Waals surface area contributed by atoms with E-state index in [-0.39, 0.29) is 0 Å². The van der Waals surface area contributed by atoms with E-state index >= 15 is 0 Å². The van der Waals surface area contributed by atoms with Crippen LogP contribution >= 0.6 is 0 Å². The third kappa shape index (κ3) is 2.75. The molecule has 4 nitrogen and oxygen atoms in total. The number of nitrogens with zero attached hydrogens (tertiary/aromatic N) is 2. The molecule has 1 aromatic heterocycles. The van der Waals surface area contributed by atoms with Crippen molar-refractivity contribution < 1.29 is 4.74 Å². The Morgan fingerprint density at radius 1 is 1.39 bits per heavy atom. The number of methoxy groups -OCH3 is 1. The van der Waals surface area contributed by atoms with Crippen LogP contribution in [0.15, 0.2) is 18.3 Å². The van der Waals surface area contributed by atoms with Gasteiger partial charge in [-0.15, -0.1) is 0 Å². The molecule has 2 atom stereocenters. The van der Waals surface area contributed by atoms with Gasteiger partial charge in [-0.2, -0.15) is 0 Å². The Bertz CT molecular complexity index is 366. The molecule has 0 aromatic carbocycles. The first-order chi connectivity index (χ1) is 8.76. The van der Waals surface area contributed by atoms with Crippen molar-refractivity contribution in [1.29, 1.82) is 0 Å². The fraction of sp³-hybridized carbons (Fsp3) is 0.643. The average Bonchev–Trinajstić information content (AvgIpc) is 2.46. The van der Waals surface area contributed by atoms with E-state index in [1.54, 1.807) is 13.3 Å². The van der Waals surface area contributed by atoms with Crippen LogP contribution in [0.25, 0.3) is 0 Å². The fourth-order valence-corrected chi connectivity index (χ4v) is 2.84. The van der Waals surface area contributed by atoms with Crippen molar-refractivity contribution in [2.75, 3.05) is 25.6 Å². The standard InChI is InChI=1S/C14H23N3O/c1-17(13-6-4-3-5-11(13)9-15)14-8-7-12(18-2)10-16-14/h7-8,10-11,13H,3-6,9,15H2,1-2H3. The number of nitrogens with two attached hydrogens (primary N) is 1. The van der Waals surface area contributed by atoms with Gasteiger partial charge in [0.1, 0.15) is 11.6 Å². The van der Waals surface area contributed by atoms with Crippen LogP contribution in [0.1, 0.15) is 25.7 Å². The molecule has 100 valence electrons. The van der Waals surface area contributed by atoms with Crippen molar-refractivity contribution in [1.82, 2.24) is 4.98 Å². The molecule has 2 N–H and O–H groups in total. The molecule has 0 aliphatic heterocycles. The Morgan fingerprint density at radius 3 is 2.78 bits per heavy atom. The van der Waals surface area contributed by atoms with Crippen molar-refractivity contribution in [2.24, 2.45) is 11.7 Å². The third-order valence-electron chi connectivity index (χ3n) is 3.99. The topological polar surface area (TPSA) is 51.4 Å². The molecule has 1 aromatic rings. The molecule has 0 spiro atoms. The predicted molar refractivity (Wildman–Crippen MR) is 74.0 cm³/mol. The second-order valence-corrected chi connectivity index (χ2v) is 5.01. The van der Waals surface area contributed by atoms with Crippen LogP contribution < -0.4 is 15.4 Å². The summed E-state index contributed by atoms with van der Waals surface area (Å²) < 4.78 is 5.14. The van der Waals surface area contributed by atoms with Crippen molar-refractivity contribution >= 4 is 5.82 Å². The number of rotatable bonds is 4. The lowest BCUT2D eigenvalue weighted by Crippen LogP contribution is -2.43. The smallest absolute Gasteiger partial charge is 0.137 e. The zero-order chi connectivity index (χ0) is 13.0. The molecule has 2 rings (SSSR count). The molecule has 1 saturated carbocycles. The second kappa shape index (κ2) is 6.05. The van der Waals surface area contributed by atoms with Crippen molar-refractivity contribution in [3.05, 3.63) is 18.3 Å². The molecule has 18 heavy (non-hydrogen) atoms. The molecule has 4 heteroatoms. The minimum Gasteiger partial charge on any atom is -0.495 e. The van der Waals surface area contributed by atoms with Crippen molar-refractivity contribution in [3.8, 4) is 5.75 Å². The van der Waals surface area contributed by atoms with Crippen LogP contribution in [0.4, 0.5) is 5.82 Å². The number of ether oxygens (including phenoxy) is 1. The SMILES string of the molecule is COc1ccc(N(C)C2CCCCC2CN)nc1. The van der Waals surface area contributed by atoms with Crippen LogP contribution in [0.2, 0.25) is 0 Å². The van der Waals surface area contributed by atoms with E-state index in [0.29, 0.717) is 12.0 Å². The largest absolute Gasteiger partial charge is 0.495 e. The monoisotopic (exact) mass is 249 g/mol. The molecule has 1 aliphatic carbocycles. The summed E-state index contributed by atoms with van der Waals surface area (Å²) in [6.07, 6.45) is 6.82. The molecule has 0 amide bonds. The Balaban J connectivity index is 2.10. The van der Waals surface area contributed by atoms with E-state index in [2.05, 4.69) is 16.9 Å². The van der Waals surface area contributed by atoms with E-state index in [1.807, 2.05) is 12.1 Å². The highest BCUT2D eigenvalue weighted by Crippen LogP contribution is 2.29. The minimum absolute atomic E-state index is 0.518. The molecule has 0 radical (unpaired) electrons. The van der Waals surface area contributed by atoms with Gasteiger partial charge in [0.2, 0.25) is 0 Å². The molecule has 1 aliphatic rings. The summed E-state index contributed by atoms with van der Waals surface area (Å²) >= 11 is 0. The lowest BCUT2D eigenvalue weighted by atomic mass is 9.84. The second-order valence-electron chi connectivity index (χ2n) is 5.01. The van der Waals surface area contributed by atoms with E-state index in [9.17, 15) is 0 Å². The number of hydrogen-bond acceptors (Lipinski definition) is 4. The van der Waals surface area contributed by atoms with E-state index in [0.717, 1.165) is 18.1 Å². The van der Waals surface area contributed by atoms with Gasteiger partial charge in [0.15, 0.2) is 0 Å².